The molecule has 9 heteroatoms. The van der Waals surface area contributed by atoms with E-state index in [0.717, 1.165) is 10.6 Å². The van der Waals surface area contributed by atoms with Gasteiger partial charge in [-0.1, -0.05) is 34.2 Å². The maximum absolute atomic E-state index is 12.5. The first kappa shape index (κ1) is 16.3. The van der Waals surface area contributed by atoms with Crippen LogP contribution in [0.5, 0.6) is 0 Å². The van der Waals surface area contributed by atoms with E-state index in [0.29, 0.717) is 16.5 Å². The summed E-state index contributed by atoms with van der Waals surface area (Å²) in [6.45, 7) is 3.93. The monoisotopic (exact) mass is 390 g/mol. The Morgan fingerprint density at radius 1 is 1.38 bits per heavy atom. The number of hydrogen-bond donors (Lipinski definition) is 2. The minimum Gasteiger partial charge on any atom is -0.326 e. The van der Waals surface area contributed by atoms with E-state index in [1.54, 1.807) is 13.0 Å². The van der Waals surface area contributed by atoms with Crippen molar-refractivity contribution in [1.29, 1.82) is 0 Å². The highest BCUT2D eigenvalue weighted by Crippen LogP contribution is 2.28. The molecule has 1 heterocycles. The summed E-state index contributed by atoms with van der Waals surface area (Å²) >= 11 is 4.58. The Hall–Kier alpha value is -1.03. The predicted molar refractivity (Wildman–Crippen MR) is 86.9 cm³/mol. The van der Waals surface area contributed by atoms with Crippen LogP contribution in [-0.4, -0.2) is 18.6 Å². The Morgan fingerprint density at radius 2 is 2.10 bits per heavy atom. The molecule has 0 radical (unpaired) electrons. The SMILES string of the molecule is CCc1nnc(NS(=O)(=O)c2cc(CN)cc(Br)c2C)s1. The smallest absolute Gasteiger partial charge is 0.264 e. The molecule has 0 unspecified atom stereocenters. The first-order chi connectivity index (χ1) is 9.87. The molecule has 0 saturated carbocycles. The minimum atomic E-state index is -3.72. The lowest BCUT2D eigenvalue weighted by atomic mass is 10.1. The number of nitrogens with one attached hydrogen (secondary N) is 1. The van der Waals surface area contributed by atoms with Gasteiger partial charge in [-0.2, -0.15) is 0 Å². The number of nitrogens with zero attached hydrogens (tertiary/aromatic N) is 2. The molecule has 3 N–H and O–H groups in total. The molecule has 6 nitrogen and oxygen atoms in total. The topological polar surface area (TPSA) is 98.0 Å². The number of rotatable bonds is 5. The molecule has 0 amide bonds. The van der Waals surface area contributed by atoms with Gasteiger partial charge in [0.1, 0.15) is 5.01 Å². The fraction of sp³-hybridized carbons (Fsp3) is 0.333. The molecule has 2 rings (SSSR count). The van der Waals surface area contributed by atoms with Gasteiger partial charge >= 0.3 is 0 Å². The van der Waals surface area contributed by atoms with Gasteiger partial charge in [0.15, 0.2) is 0 Å². The predicted octanol–water partition coefficient (Wildman–Crippen LogP) is 2.43. The van der Waals surface area contributed by atoms with Crippen molar-refractivity contribution in [3.63, 3.8) is 0 Å². The molecule has 0 fully saturated rings. The van der Waals surface area contributed by atoms with Gasteiger partial charge in [-0.25, -0.2) is 8.42 Å². The first-order valence-electron chi connectivity index (χ1n) is 6.21. The fourth-order valence-electron chi connectivity index (χ4n) is 1.71. The second kappa shape index (κ2) is 6.39. The Kier molecular flexibility index (Phi) is 4.97. The third kappa shape index (κ3) is 3.60. The van der Waals surface area contributed by atoms with E-state index in [2.05, 4.69) is 30.8 Å². The minimum absolute atomic E-state index is 0.186. The van der Waals surface area contributed by atoms with Crippen LogP contribution in [0.25, 0.3) is 0 Å². The van der Waals surface area contributed by atoms with E-state index in [-0.39, 0.29) is 16.6 Å². The fourth-order valence-corrected chi connectivity index (χ4v) is 4.58. The van der Waals surface area contributed by atoms with Crippen LogP contribution >= 0.6 is 27.3 Å². The van der Waals surface area contributed by atoms with Crippen molar-refractivity contribution in [2.45, 2.75) is 31.7 Å². The Morgan fingerprint density at radius 3 is 2.67 bits per heavy atom. The Labute approximate surface area is 136 Å². The third-order valence-corrected chi connectivity index (χ3v) is 6.27. The molecule has 0 bridgehead atoms. The van der Waals surface area contributed by atoms with Crippen LogP contribution in [0.4, 0.5) is 5.13 Å². The zero-order valence-corrected chi connectivity index (χ0v) is 14.8. The van der Waals surface area contributed by atoms with Gasteiger partial charge in [-0.15, -0.1) is 10.2 Å². The van der Waals surface area contributed by atoms with Crippen molar-refractivity contribution < 1.29 is 8.42 Å². The summed E-state index contributed by atoms with van der Waals surface area (Å²) in [4.78, 5) is 0.186. The number of aryl methyl sites for hydroxylation is 1. The molecule has 0 aliphatic heterocycles. The van der Waals surface area contributed by atoms with Gasteiger partial charge in [0.25, 0.3) is 10.0 Å². The third-order valence-electron chi connectivity index (χ3n) is 2.87. The van der Waals surface area contributed by atoms with Crippen molar-refractivity contribution in [2.75, 3.05) is 4.72 Å². The number of aromatic nitrogens is 2. The standard InChI is InChI=1S/C12H15BrN4O2S2/c1-3-11-15-16-12(20-11)17-21(18,19)10-5-8(6-14)4-9(13)7(10)2/h4-5H,3,6,14H2,1-2H3,(H,16,17). The molecule has 0 spiro atoms. The van der Waals surface area contributed by atoms with Crippen molar-refractivity contribution in [3.8, 4) is 0 Å². The van der Waals surface area contributed by atoms with E-state index in [1.165, 1.54) is 11.3 Å². The number of hydrogen-bond acceptors (Lipinski definition) is 6. The summed E-state index contributed by atoms with van der Waals surface area (Å²) in [6.07, 6.45) is 0.715. The average molecular weight is 391 g/mol. The molecule has 0 aliphatic rings. The number of halogens is 1. The van der Waals surface area contributed by atoms with Gasteiger partial charge in [-0.3, -0.25) is 4.72 Å². The highest BCUT2D eigenvalue weighted by atomic mass is 79.9. The van der Waals surface area contributed by atoms with E-state index in [9.17, 15) is 8.42 Å². The number of sulfonamides is 1. The highest BCUT2D eigenvalue weighted by Gasteiger charge is 2.21. The van der Waals surface area contributed by atoms with Gasteiger partial charge in [0, 0.05) is 11.0 Å². The maximum Gasteiger partial charge on any atom is 0.264 e. The van der Waals surface area contributed by atoms with E-state index in [1.807, 2.05) is 13.0 Å². The molecule has 0 aliphatic carbocycles. The summed E-state index contributed by atoms with van der Waals surface area (Å²) < 4.78 is 28.2. The summed E-state index contributed by atoms with van der Waals surface area (Å²) in [5.74, 6) is 0. The summed E-state index contributed by atoms with van der Waals surface area (Å²) in [6, 6.07) is 3.39. The zero-order chi connectivity index (χ0) is 15.6. The maximum atomic E-state index is 12.5. The van der Waals surface area contributed by atoms with Gasteiger partial charge < -0.3 is 5.73 Å². The quantitative estimate of drug-likeness (QED) is 0.816. The van der Waals surface area contributed by atoms with E-state index >= 15 is 0 Å². The van der Waals surface area contributed by atoms with Gasteiger partial charge in [-0.05, 0) is 36.6 Å². The molecule has 1 aromatic heterocycles. The largest absolute Gasteiger partial charge is 0.326 e. The summed E-state index contributed by atoms with van der Waals surface area (Å²) in [5, 5.41) is 8.78. The molecule has 21 heavy (non-hydrogen) atoms. The summed E-state index contributed by atoms with van der Waals surface area (Å²) in [5.41, 5.74) is 6.96. The molecule has 2 aromatic rings. The van der Waals surface area contributed by atoms with Crippen LogP contribution in [-0.2, 0) is 23.0 Å². The second-order valence-corrected chi connectivity index (χ2v) is 7.93. The number of nitrogens with two attached hydrogens (primary N) is 1. The number of anilines is 1. The zero-order valence-electron chi connectivity index (χ0n) is 11.6. The lowest BCUT2D eigenvalue weighted by Gasteiger charge is -2.11. The van der Waals surface area contributed by atoms with Crippen LogP contribution in [0.3, 0.4) is 0 Å². The molecular formula is C12H15BrN4O2S2. The van der Waals surface area contributed by atoms with Crippen LogP contribution in [0.2, 0.25) is 0 Å². The molecular weight excluding hydrogens is 376 g/mol. The number of benzene rings is 1. The molecule has 1 aromatic carbocycles. The second-order valence-electron chi connectivity index (χ2n) is 4.36. The molecule has 0 atom stereocenters. The van der Waals surface area contributed by atoms with Crippen molar-refractivity contribution >= 4 is 42.4 Å². The van der Waals surface area contributed by atoms with Crippen LogP contribution in [0.1, 0.15) is 23.1 Å². The van der Waals surface area contributed by atoms with Crippen LogP contribution in [0.15, 0.2) is 21.5 Å². The van der Waals surface area contributed by atoms with Crippen LogP contribution in [0, 0.1) is 6.92 Å². The normalized spacial score (nSPS) is 11.6. The lowest BCUT2D eigenvalue weighted by molar-refractivity contribution is 0.600. The van der Waals surface area contributed by atoms with Gasteiger partial charge in [0.05, 0.1) is 4.90 Å². The van der Waals surface area contributed by atoms with Gasteiger partial charge in [0.2, 0.25) is 5.13 Å². The van der Waals surface area contributed by atoms with Crippen LogP contribution < -0.4 is 10.5 Å². The molecule has 0 saturated heterocycles. The lowest BCUT2D eigenvalue weighted by Crippen LogP contribution is -2.15. The van der Waals surface area contributed by atoms with Crippen molar-refractivity contribution in [1.82, 2.24) is 10.2 Å². The highest BCUT2D eigenvalue weighted by molar-refractivity contribution is 9.10. The molecule has 114 valence electrons. The Bertz CT molecular complexity index is 759. The Balaban J connectivity index is 2.41. The van der Waals surface area contributed by atoms with E-state index < -0.39 is 10.0 Å². The summed E-state index contributed by atoms with van der Waals surface area (Å²) in [7, 11) is -3.72. The first-order valence-corrected chi connectivity index (χ1v) is 9.31. The van der Waals surface area contributed by atoms with Crippen molar-refractivity contribution in [2.24, 2.45) is 5.73 Å². The average Bonchev–Trinajstić information content (AvgIpc) is 2.88. The van der Waals surface area contributed by atoms with E-state index in [4.69, 9.17) is 5.73 Å². The van der Waals surface area contributed by atoms with Crippen molar-refractivity contribution in [3.05, 3.63) is 32.7 Å².